The Morgan fingerprint density at radius 1 is 0.927 bits per heavy atom. The van der Waals surface area contributed by atoms with Crippen LogP contribution in [0.15, 0.2) is 73.9 Å². The third kappa shape index (κ3) is 8.76. The van der Waals surface area contributed by atoms with Gasteiger partial charge in [0.05, 0.1) is 12.2 Å². The van der Waals surface area contributed by atoms with E-state index in [1.807, 2.05) is 6.92 Å². The zero-order valence-corrected chi connectivity index (χ0v) is 22.9. The first kappa shape index (κ1) is 31.6. The van der Waals surface area contributed by atoms with Crippen molar-refractivity contribution in [1.29, 1.82) is 0 Å². The van der Waals surface area contributed by atoms with Crippen molar-refractivity contribution in [1.82, 2.24) is 0 Å². The summed E-state index contributed by atoms with van der Waals surface area (Å²) in [7, 11) is -4.75. The summed E-state index contributed by atoms with van der Waals surface area (Å²) >= 11 is 0.398. The van der Waals surface area contributed by atoms with Crippen LogP contribution >= 0.6 is 12.3 Å². The topological polar surface area (TPSA) is 229 Å². The van der Waals surface area contributed by atoms with Crippen LogP contribution in [0.2, 0.25) is 0 Å². The van der Waals surface area contributed by atoms with Gasteiger partial charge in [0, 0.05) is 0 Å². The first-order valence-electron chi connectivity index (χ1n) is 11.7. The summed E-state index contributed by atoms with van der Waals surface area (Å²) in [5.74, 6) is -2.41. The van der Waals surface area contributed by atoms with E-state index in [-0.39, 0.29) is 29.2 Å². The number of carbonyl (C=O) groups is 1. The lowest BCUT2D eigenvalue weighted by molar-refractivity contribution is -0.434. The third-order valence-corrected chi connectivity index (χ3v) is 6.70. The number of rotatable bonds is 14. The van der Waals surface area contributed by atoms with Crippen molar-refractivity contribution in [2.75, 3.05) is 6.61 Å². The predicted octanol–water partition coefficient (Wildman–Crippen LogP) is 6.37. The highest BCUT2D eigenvalue weighted by atomic mass is 32.2. The van der Waals surface area contributed by atoms with Crippen LogP contribution in [0.3, 0.4) is 0 Å². The van der Waals surface area contributed by atoms with Crippen LogP contribution in [0, 0.1) is 0 Å². The van der Waals surface area contributed by atoms with Crippen molar-refractivity contribution in [3.05, 3.63) is 65.2 Å². The zero-order chi connectivity index (χ0) is 30.0. The van der Waals surface area contributed by atoms with Crippen LogP contribution in [0.4, 0.5) is 22.7 Å². The molecule has 0 aromatic heterocycles. The fourth-order valence-corrected chi connectivity index (χ4v) is 4.34. The van der Waals surface area contributed by atoms with E-state index in [1.54, 1.807) is 6.07 Å². The van der Waals surface area contributed by atoms with Crippen LogP contribution in [0.1, 0.15) is 34.8 Å². The maximum atomic E-state index is 12.0. The average Bonchev–Trinajstić information content (AvgIpc) is 2.94. The smallest absolute Gasteiger partial charge is 0.337 e. The maximum absolute atomic E-state index is 12.0. The van der Waals surface area contributed by atoms with Crippen molar-refractivity contribution in [3.8, 4) is 11.5 Å². The highest BCUT2D eigenvalue weighted by Crippen LogP contribution is 2.44. The van der Waals surface area contributed by atoms with E-state index in [9.17, 15) is 33.1 Å². The molecule has 15 nitrogen and oxygen atoms in total. The monoisotopic (exact) mass is 608 g/mol. The van der Waals surface area contributed by atoms with Gasteiger partial charge < -0.3 is 15.3 Å². The van der Waals surface area contributed by atoms with E-state index >= 15 is 0 Å². The molecule has 3 aromatic rings. The van der Waals surface area contributed by atoms with Crippen LogP contribution in [0.25, 0.3) is 0 Å². The number of hydrogen-bond donors (Lipinski definition) is 5. The summed E-state index contributed by atoms with van der Waals surface area (Å²) in [4.78, 5) is 11.0. The maximum Gasteiger partial charge on any atom is 0.337 e. The van der Waals surface area contributed by atoms with Crippen LogP contribution in [0.5, 0.6) is 11.5 Å². The molecule has 3 aromatic carbocycles. The van der Waals surface area contributed by atoms with Gasteiger partial charge in [-0.3, -0.25) is 8.74 Å². The molecule has 0 amide bonds. The van der Waals surface area contributed by atoms with Crippen molar-refractivity contribution >= 4 is 51.2 Å². The highest BCUT2D eigenvalue weighted by Gasteiger charge is 2.18. The minimum Gasteiger partial charge on any atom is -0.505 e. The number of aryl methyl sites for hydroxylation is 2. The lowest BCUT2D eigenvalue weighted by Crippen LogP contribution is -2.00. The van der Waals surface area contributed by atoms with E-state index in [0.29, 0.717) is 37.1 Å². The molecule has 218 valence electrons. The summed E-state index contributed by atoms with van der Waals surface area (Å²) in [5.41, 5.74) is 0.270. The molecule has 0 bridgehead atoms. The quantitative estimate of drug-likeness (QED) is 0.0336. The molecule has 0 spiro atoms. The molecule has 0 aliphatic heterocycles. The Hall–Kier alpha value is -3.97. The molecule has 41 heavy (non-hydrogen) atoms. The number of carboxylic acids is 1. The summed E-state index contributed by atoms with van der Waals surface area (Å²) in [6.07, 6.45) is 1.35. The lowest BCUT2D eigenvalue weighted by Gasteiger charge is -2.07. The van der Waals surface area contributed by atoms with Crippen molar-refractivity contribution in [2.24, 2.45) is 20.5 Å². The van der Waals surface area contributed by atoms with Crippen molar-refractivity contribution < 1.29 is 51.9 Å². The Labute approximate surface area is 237 Å². The number of benzene rings is 3. The van der Waals surface area contributed by atoms with Gasteiger partial charge in [0.25, 0.3) is 10.1 Å². The molecular formula is C24H24N4O11S2. The minimum atomic E-state index is -4.75. The van der Waals surface area contributed by atoms with Crippen LogP contribution < -0.4 is 0 Å². The summed E-state index contributed by atoms with van der Waals surface area (Å²) in [6, 6.07) is 10.9. The average molecular weight is 609 g/mol. The second-order valence-electron chi connectivity index (χ2n) is 8.12. The van der Waals surface area contributed by atoms with Gasteiger partial charge in [-0.2, -0.15) is 8.42 Å². The number of nitrogens with zero attached hydrogens (tertiary/aromatic N) is 4. The molecule has 0 unspecified atom stereocenters. The number of azo groups is 2. The summed E-state index contributed by atoms with van der Waals surface area (Å²) in [6.45, 7) is 2.02. The molecule has 0 fully saturated rings. The van der Waals surface area contributed by atoms with Crippen molar-refractivity contribution in [3.63, 3.8) is 0 Å². The summed E-state index contributed by atoms with van der Waals surface area (Å²) < 4.78 is 42.7. The van der Waals surface area contributed by atoms with Gasteiger partial charge in [-0.1, -0.05) is 24.1 Å². The first-order chi connectivity index (χ1) is 19.5. The fourth-order valence-electron chi connectivity index (χ4n) is 3.42. The Bertz CT molecular complexity index is 1560. The molecule has 5 N–H and O–H groups in total. The lowest BCUT2D eigenvalue weighted by atomic mass is 10.1. The van der Waals surface area contributed by atoms with E-state index in [1.165, 1.54) is 36.4 Å². The largest absolute Gasteiger partial charge is 0.505 e. The first-order valence-corrected chi connectivity index (χ1v) is 13.8. The van der Waals surface area contributed by atoms with Crippen LogP contribution in [-0.2, 0) is 36.5 Å². The number of aromatic carboxylic acids is 1. The molecule has 0 aliphatic carbocycles. The van der Waals surface area contributed by atoms with Gasteiger partial charge in [0.15, 0.2) is 23.8 Å². The predicted molar refractivity (Wildman–Crippen MR) is 144 cm³/mol. The van der Waals surface area contributed by atoms with E-state index in [4.69, 9.17) is 9.44 Å². The summed E-state index contributed by atoms with van der Waals surface area (Å²) in [5, 5.41) is 57.1. The molecule has 0 atom stereocenters. The standard InChI is InChI=1S/C24H24N4O11S2/c1-2-14-5-7-17(16(12-14)24(31)32)25-27-19-9-10-20(29)22(23(19)30)28-26-18-8-6-15(13-21(18)41(34,35)36)4-3-11-37-40-39-38-33/h5-10,12-13,29-30,33H,2-4,11H2,1H3,(H,31,32)(H,34,35,36)/b27-25+,28-26+. The number of aromatic hydroxyl groups is 2. The van der Waals surface area contributed by atoms with Gasteiger partial charge >= 0.3 is 5.97 Å². The van der Waals surface area contributed by atoms with Gasteiger partial charge in [-0.15, -0.1) is 24.8 Å². The Kier molecular flexibility index (Phi) is 11.2. The van der Waals surface area contributed by atoms with Crippen LogP contribution in [-0.4, -0.2) is 46.1 Å². The van der Waals surface area contributed by atoms with Gasteiger partial charge in [-0.25, -0.2) is 10.1 Å². The fraction of sp³-hybridized carbons (Fsp3) is 0.208. The molecule has 0 saturated heterocycles. The van der Waals surface area contributed by atoms with E-state index in [0.717, 1.165) is 11.6 Å². The normalized spacial score (nSPS) is 12.0. The Morgan fingerprint density at radius 2 is 1.59 bits per heavy atom. The molecule has 3 rings (SSSR count). The number of phenols is 2. The number of phenolic OH excluding ortho intramolecular Hbond substituents is 2. The third-order valence-electron chi connectivity index (χ3n) is 5.43. The molecule has 0 saturated carbocycles. The SMILES string of the molecule is CCc1ccc(/N=N/c2ccc(O)c(/N=N/c3ccc(CCCOSOOO)cc3S(=O)(=O)O)c2O)c(C(=O)O)c1. The second kappa shape index (κ2) is 14.6. The van der Waals surface area contributed by atoms with Gasteiger partial charge in [0.2, 0.25) is 0 Å². The van der Waals surface area contributed by atoms with Gasteiger partial charge in [-0.05, 0) is 66.8 Å². The Balaban J connectivity index is 1.87. The molecule has 0 aliphatic rings. The van der Waals surface area contributed by atoms with Crippen molar-refractivity contribution in [2.45, 2.75) is 31.1 Å². The number of hydrogen-bond acceptors (Lipinski definition) is 14. The van der Waals surface area contributed by atoms with E-state index in [2.05, 4.69) is 29.8 Å². The zero-order valence-electron chi connectivity index (χ0n) is 21.2. The number of carboxylic acid groups (broad SMARTS) is 1. The molecule has 17 heteroatoms. The Morgan fingerprint density at radius 3 is 2.27 bits per heavy atom. The van der Waals surface area contributed by atoms with Gasteiger partial charge in [0.1, 0.15) is 27.7 Å². The molecule has 0 heterocycles. The molecule has 0 radical (unpaired) electrons. The van der Waals surface area contributed by atoms with E-state index < -0.39 is 38.2 Å². The second-order valence-corrected chi connectivity index (χ2v) is 10.0. The minimum absolute atomic E-state index is 0.0288. The highest BCUT2D eigenvalue weighted by molar-refractivity contribution is 7.89. The molecular weight excluding hydrogens is 584 g/mol.